The highest BCUT2D eigenvalue weighted by Gasteiger charge is 2.54. The summed E-state index contributed by atoms with van der Waals surface area (Å²) in [5.74, 6) is 2.06. The standard InChI is InChI=1S/C24H31N3O/c1-14(20-13-26-21-4-2-3-19(23(20)21)16-5-6-16)7-22(28)27-17-8-15-9-18(27)12-24(25,10-15)11-17/h2-4,13-18,26H,5-12,25H2,1H3. The molecule has 0 radical (unpaired) electrons. The maximum absolute atomic E-state index is 13.4. The summed E-state index contributed by atoms with van der Waals surface area (Å²) in [4.78, 5) is 19.1. The third-order valence-electron chi connectivity index (χ3n) is 8.06. The van der Waals surface area contributed by atoms with E-state index in [1.54, 1.807) is 0 Å². The molecule has 5 aliphatic rings. The molecule has 3 heterocycles. The summed E-state index contributed by atoms with van der Waals surface area (Å²) in [6.45, 7) is 2.23. The molecule has 5 fully saturated rings. The number of hydrogen-bond donors (Lipinski definition) is 2. The summed E-state index contributed by atoms with van der Waals surface area (Å²) in [6.07, 6.45) is 10.9. The molecule has 4 bridgehead atoms. The number of hydrogen-bond acceptors (Lipinski definition) is 2. The molecule has 3 unspecified atom stereocenters. The van der Waals surface area contributed by atoms with Gasteiger partial charge < -0.3 is 15.6 Å². The Morgan fingerprint density at radius 1 is 1.25 bits per heavy atom. The number of carbonyl (C=O) groups is 1. The second-order valence-electron chi connectivity index (χ2n) is 10.3. The Bertz CT molecular complexity index is 926. The normalized spacial score (nSPS) is 34.9. The maximum atomic E-state index is 13.4. The van der Waals surface area contributed by atoms with Crippen LogP contribution < -0.4 is 5.73 Å². The van der Waals surface area contributed by atoms with Crippen LogP contribution in [-0.2, 0) is 4.79 Å². The van der Waals surface area contributed by atoms with Gasteiger partial charge in [0.15, 0.2) is 0 Å². The number of benzene rings is 1. The first kappa shape index (κ1) is 17.1. The van der Waals surface area contributed by atoms with Crippen LogP contribution >= 0.6 is 0 Å². The fraction of sp³-hybridized carbons (Fsp3) is 0.625. The second kappa shape index (κ2) is 5.85. The number of aromatic nitrogens is 1. The van der Waals surface area contributed by atoms with Crippen molar-refractivity contribution in [1.82, 2.24) is 9.88 Å². The van der Waals surface area contributed by atoms with Crippen molar-refractivity contribution in [1.29, 1.82) is 0 Å². The van der Waals surface area contributed by atoms with Gasteiger partial charge in [-0.15, -0.1) is 0 Å². The van der Waals surface area contributed by atoms with Crippen molar-refractivity contribution in [3.05, 3.63) is 35.5 Å². The third-order valence-corrected chi connectivity index (χ3v) is 8.06. The van der Waals surface area contributed by atoms with Crippen molar-refractivity contribution < 1.29 is 4.79 Å². The zero-order valence-electron chi connectivity index (χ0n) is 16.8. The number of nitrogens with two attached hydrogens (primary N) is 1. The van der Waals surface area contributed by atoms with Gasteiger partial charge in [0, 0.05) is 41.1 Å². The molecule has 2 aromatic rings. The highest BCUT2D eigenvalue weighted by atomic mass is 16.2. The molecule has 3 N–H and O–H groups in total. The van der Waals surface area contributed by atoms with Crippen LogP contribution in [0, 0.1) is 5.92 Å². The summed E-state index contributed by atoms with van der Waals surface area (Å²) in [7, 11) is 0. The Morgan fingerprint density at radius 2 is 2.00 bits per heavy atom. The molecular weight excluding hydrogens is 346 g/mol. The molecule has 3 atom stereocenters. The van der Waals surface area contributed by atoms with Crippen LogP contribution in [0.15, 0.2) is 24.4 Å². The molecule has 0 spiro atoms. The van der Waals surface area contributed by atoms with Gasteiger partial charge >= 0.3 is 0 Å². The Morgan fingerprint density at radius 3 is 2.68 bits per heavy atom. The minimum absolute atomic E-state index is 0.00883. The van der Waals surface area contributed by atoms with Gasteiger partial charge in [-0.2, -0.15) is 0 Å². The Balaban J connectivity index is 1.25. The lowest BCUT2D eigenvalue weighted by molar-refractivity contribution is -0.150. The first-order valence-electron chi connectivity index (χ1n) is 11.2. The van der Waals surface area contributed by atoms with Crippen LogP contribution in [0.4, 0.5) is 0 Å². The first-order valence-corrected chi connectivity index (χ1v) is 11.2. The SMILES string of the molecule is CC(CC(=O)N1C2CC3CC1CC(N)(C3)C2)c1c[nH]c2cccc(C3CC3)c12. The summed E-state index contributed by atoms with van der Waals surface area (Å²) in [5, 5.41) is 1.38. The lowest BCUT2D eigenvalue weighted by atomic mass is 9.60. The molecule has 4 heteroatoms. The van der Waals surface area contributed by atoms with Gasteiger partial charge in [-0.3, -0.25) is 4.79 Å². The average Bonchev–Trinajstić information content (AvgIpc) is 3.37. The van der Waals surface area contributed by atoms with E-state index in [0.717, 1.165) is 24.7 Å². The van der Waals surface area contributed by atoms with E-state index in [0.29, 0.717) is 24.4 Å². The number of nitrogens with one attached hydrogen (secondary N) is 1. The molecular formula is C24H31N3O. The van der Waals surface area contributed by atoms with Crippen molar-refractivity contribution >= 4 is 16.8 Å². The summed E-state index contributed by atoms with van der Waals surface area (Å²) in [6, 6.07) is 7.39. The van der Waals surface area contributed by atoms with E-state index in [1.165, 1.54) is 54.1 Å². The lowest BCUT2D eigenvalue weighted by Gasteiger charge is -2.60. The fourth-order valence-corrected chi connectivity index (χ4v) is 6.93. The smallest absolute Gasteiger partial charge is 0.223 e. The van der Waals surface area contributed by atoms with Crippen molar-refractivity contribution in [2.45, 2.75) is 87.7 Å². The highest BCUT2D eigenvalue weighted by Crippen LogP contribution is 2.51. The fourth-order valence-electron chi connectivity index (χ4n) is 6.93. The van der Waals surface area contributed by atoms with Gasteiger partial charge in [-0.1, -0.05) is 19.1 Å². The lowest BCUT2D eigenvalue weighted by Crippen LogP contribution is -2.68. The quantitative estimate of drug-likeness (QED) is 0.829. The van der Waals surface area contributed by atoms with Crippen LogP contribution in [0.25, 0.3) is 10.9 Å². The van der Waals surface area contributed by atoms with Crippen molar-refractivity contribution in [2.24, 2.45) is 11.7 Å². The second-order valence-corrected chi connectivity index (χ2v) is 10.3. The molecule has 4 nitrogen and oxygen atoms in total. The van der Waals surface area contributed by atoms with Crippen LogP contribution in [-0.4, -0.2) is 33.4 Å². The number of piperidine rings is 2. The predicted octanol–water partition coefficient (Wildman–Crippen LogP) is 4.41. The monoisotopic (exact) mass is 377 g/mol. The van der Waals surface area contributed by atoms with Gasteiger partial charge in [0.25, 0.3) is 0 Å². The zero-order valence-corrected chi connectivity index (χ0v) is 16.8. The number of amides is 1. The van der Waals surface area contributed by atoms with E-state index in [2.05, 4.69) is 41.2 Å². The van der Waals surface area contributed by atoms with Gasteiger partial charge in [0.05, 0.1) is 0 Å². The zero-order chi connectivity index (χ0) is 19.0. The molecule has 1 aromatic heterocycles. The molecule has 28 heavy (non-hydrogen) atoms. The van der Waals surface area contributed by atoms with Crippen molar-refractivity contribution in [2.75, 3.05) is 0 Å². The number of aromatic amines is 1. The number of rotatable bonds is 4. The van der Waals surface area contributed by atoms with E-state index >= 15 is 0 Å². The Kier molecular flexibility index (Phi) is 3.57. The minimum atomic E-state index is 0.00883. The Labute approximate surface area is 166 Å². The van der Waals surface area contributed by atoms with Crippen LogP contribution in [0.2, 0.25) is 0 Å². The van der Waals surface area contributed by atoms with E-state index in [-0.39, 0.29) is 11.5 Å². The van der Waals surface area contributed by atoms with Crippen LogP contribution in [0.1, 0.15) is 81.3 Å². The topological polar surface area (TPSA) is 62.1 Å². The molecule has 2 saturated heterocycles. The summed E-state index contributed by atoms with van der Waals surface area (Å²) >= 11 is 0. The largest absolute Gasteiger partial charge is 0.361 e. The molecule has 3 aliphatic carbocycles. The Hall–Kier alpha value is -1.81. The van der Waals surface area contributed by atoms with Gasteiger partial charge in [-0.05, 0) is 79.9 Å². The summed E-state index contributed by atoms with van der Waals surface area (Å²) in [5.41, 5.74) is 10.7. The van der Waals surface area contributed by atoms with E-state index in [9.17, 15) is 4.79 Å². The van der Waals surface area contributed by atoms with Gasteiger partial charge in [-0.25, -0.2) is 0 Å². The van der Waals surface area contributed by atoms with Crippen molar-refractivity contribution in [3.8, 4) is 0 Å². The van der Waals surface area contributed by atoms with Gasteiger partial charge in [0.2, 0.25) is 5.91 Å². The predicted molar refractivity (Wildman–Crippen MR) is 111 cm³/mol. The first-order chi connectivity index (χ1) is 13.5. The molecule has 2 aliphatic heterocycles. The van der Waals surface area contributed by atoms with Crippen LogP contribution in [0.5, 0.6) is 0 Å². The molecule has 3 saturated carbocycles. The highest BCUT2D eigenvalue weighted by molar-refractivity contribution is 5.89. The number of fused-ring (bicyclic) bond motifs is 1. The summed E-state index contributed by atoms with van der Waals surface area (Å²) < 4.78 is 0. The van der Waals surface area contributed by atoms with E-state index in [4.69, 9.17) is 5.73 Å². The van der Waals surface area contributed by atoms with Gasteiger partial charge in [0.1, 0.15) is 0 Å². The van der Waals surface area contributed by atoms with Crippen molar-refractivity contribution in [3.63, 3.8) is 0 Å². The van der Waals surface area contributed by atoms with E-state index in [1.807, 2.05) is 0 Å². The molecule has 148 valence electrons. The molecule has 1 aromatic carbocycles. The number of carbonyl (C=O) groups excluding carboxylic acids is 1. The van der Waals surface area contributed by atoms with E-state index < -0.39 is 0 Å². The number of H-pyrrole nitrogens is 1. The maximum Gasteiger partial charge on any atom is 0.223 e. The molecule has 1 amide bonds. The third kappa shape index (κ3) is 2.57. The minimum Gasteiger partial charge on any atom is -0.361 e. The number of nitrogens with zero attached hydrogens (tertiary/aromatic N) is 1. The molecule has 7 rings (SSSR count). The van der Waals surface area contributed by atoms with Crippen LogP contribution in [0.3, 0.4) is 0 Å². The average molecular weight is 378 g/mol.